The van der Waals surface area contributed by atoms with Crippen molar-refractivity contribution in [3.8, 4) is 0 Å². The fourth-order valence-corrected chi connectivity index (χ4v) is 1.33. The molecule has 0 aliphatic heterocycles. The predicted octanol–water partition coefficient (Wildman–Crippen LogP) is -1.25. The minimum atomic E-state index is 0. The second-order valence-electron chi connectivity index (χ2n) is 2.33. The smallest absolute Gasteiger partial charge is 1.00 e. The van der Waals surface area contributed by atoms with Gasteiger partial charge in [-0.05, 0) is 18.3 Å². The summed E-state index contributed by atoms with van der Waals surface area (Å²) in [5, 5.41) is 0. The molecular weight excluding hydrogens is 222 g/mol. The molecule has 52 valence electrons. The maximum absolute atomic E-state index is 2.30. The molecule has 2 bridgehead atoms. The van der Waals surface area contributed by atoms with Gasteiger partial charge < -0.3 is 12.4 Å². The van der Waals surface area contributed by atoms with Crippen molar-refractivity contribution < 1.29 is 31.9 Å². The topological polar surface area (TPSA) is 0 Å². The Morgan fingerprint density at radius 1 is 0.889 bits per heavy atom. The minimum absolute atomic E-state index is 0. The molecule has 0 aromatic heterocycles. The van der Waals surface area contributed by atoms with E-state index in [1.54, 1.807) is 0 Å². The van der Waals surface area contributed by atoms with Gasteiger partial charge in [0.1, 0.15) is 0 Å². The molecular formula is C7H8ClRh. The monoisotopic (exact) mass is 230 g/mol. The van der Waals surface area contributed by atoms with Gasteiger partial charge in [-0.1, -0.05) is 24.3 Å². The second kappa shape index (κ2) is 3.53. The molecule has 2 heteroatoms. The second-order valence-corrected chi connectivity index (χ2v) is 2.33. The van der Waals surface area contributed by atoms with E-state index >= 15 is 0 Å². The number of fused-ring (bicyclic) bond motifs is 2. The molecule has 2 aliphatic rings. The van der Waals surface area contributed by atoms with Gasteiger partial charge in [-0.25, -0.2) is 0 Å². The SMILES string of the molecule is C1=CC2C=CC1C2.[Cl-].[Rh+]. The van der Waals surface area contributed by atoms with E-state index in [0.717, 1.165) is 11.8 Å². The molecule has 2 rings (SSSR count). The summed E-state index contributed by atoms with van der Waals surface area (Å²) in [5.74, 6) is 1.62. The molecule has 0 nitrogen and oxygen atoms in total. The van der Waals surface area contributed by atoms with Crippen molar-refractivity contribution in [1.82, 2.24) is 0 Å². The van der Waals surface area contributed by atoms with E-state index in [1.807, 2.05) is 0 Å². The van der Waals surface area contributed by atoms with Crippen LogP contribution in [0.5, 0.6) is 0 Å². The Kier molecular flexibility index (Phi) is 3.69. The molecule has 0 fully saturated rings. The van der Waals surface area contributed by atoms with Crippen molar-refractivity contribution in [3.05, 3.63) is 24.3 Å². The zero-order chi connectivity index (χ0) is 4.69. The molecule has 0 N–H and O–H groups in total. The summed E-state index contributed by atoms with van der Waals surface area (Å²) < 4.78 is 0. The van der Waals surface area contributed by atoms with Crippen LogP contribution in [-0.4, -0.2) is 0 Å². The molecule has 0 radical (unpaired) electrons. The fraction of sp³-hybridized carbons (Fsp3) is 0.429. The maximum atomic E-state index is 2.30. The third kappa shape index (κ3) is 1.66. The van der Waals surface area contributed by atoms with Crippen LogP contribution in [0.4, 0.5) is 0 Å². The first kappa shape index (κ1) is 9.39. The van der Waals surface area contributed by atoms with E-state index in [1.165, 1.54) is 6.42 Å². The Morgan fingerprint density at radius 2 is 1.22 bits per heavy atom. The average molecular weight is 230 g/mol. The summed E-state index contributed by atoms with van der Waals surface area (Å²) in [6.07, 6.45) is 10.5. The predicted molar refractivity (Wildman–Crippen MR) is 29.9 cm³/mol. The normalized spacial score (nSPS) is 33.8. The van der Waals surface area contributed by atoms with Crippen molar-refractivity contribution in [2.75, 3.05) is 0 Å². The molecule has 9 heavy (non-hydrogen) atoms. The molecule has 0 aromatic rings. The van der Waals surface area contributed by atoms with E-state index in [-0.39, 0.29) is 31.9 Å². The Bertz CT molecular complexity index is 112. The zero-order valence-electron chi connectivity index (χ0n) is 4.88. The van der Waals surface area contributed by atoms with Crippen LogP contribution in [0.3, 0.4) is 0 Å². The van der Waals surface area contributed by atoms with Gasteiger partial charge in [-0.2, -0.15) is 0 Å². The van der Waals surface area contributed by atoms with E-state index in [0.29, 0.717) is 0 Å². The summed E-state index contributed by atoms with van der Waals surface area (Å²) in [7, 11) is 0. The zero-order valence-corrected chi connectivity index (χ0v) is 7.28. The fourth-order valence-electron chi connectivity index (χ4n) is 1.33. The van der Waals surface area contributed by atoms with Gasteiger partial charge in [0.25, 0.3) is 0 Å². The van der Waals surface area contributed by atoms with Crippen LogP contribution in [0.25, 0.3) is 0 Å². The van der Waals surface area contributed by atoms with Gasteiger partial charge >= 0.3 is 19.5 Å². The van der Waals surface area contributed by atoms with Gasteiger partial charge in [0.15, 0.2) is 0 Å². The third-order valence-corrected chi connectivity index (χ3v) is 1.76. The van der Waals surface area contributed by atoms with E-state index in [4.69, 9.17) is 0 Å². The summed E-state index contributed by atoms with van der Waals surface area (Å²) in [4.78, 5) is 0. The van der Waals surface area contributed by atoms with Crippen molar-refractivity contribution in [1.29, 1.82) is 0 Å². The first-order valence-corrected chi connectivity index (χ1v) is 2.82. The van der Waals surface area contributed by atoms with E-state index in [2.05, 4.69) is 24.3 Å². The van der Waals surface area contributed by atoms with Crippen LogP contribution in [-0.2, 0) is 19.5 Å². The van der Waals surface area contributed by atoms with Crippen molar-refractivity contribution in [2.45, 2.75) is 6.42 Å². The maximum Gasteiger partial charge on any atom is 1.00 e. The Hall–Kier alpha value is 0.393. The minimum Gasteiger partial charge on any atom is -1.00 e. The molecule has 0 spiro atoms. The number of halogens is 1. The number of hydrogen-bond acceptors (Lipinski definition) is 0. The van der Waals surface area contributed by atoms with Crippen LogP contribution >= 0.6 is 0 Å². The molecule has 0 heterocycles. The van der Waals surface area contributed by atoms with Gasteiger partial charge in [0, 0.05) is 0 Å². The van der Waals surface area contributed by atoms with Gasteiger partial charge in [-0.15, -0.1) is 0 Å². The first-order valence-electron chi connectivity index (χ1n) is 2.82. The quantitative estimate of drug-likeness (QED) is 0.360. The number of allylic oxidation sites excluding steroid dienone is 4. The van der Waals surface area contributed by atoms with Crippen LogP contribution in [0.1, 0.15) is 6.42 Å². The largest absolute Gasteiger partial charge is 1.00 e. The third-order valence-electron chi connectivity index (χ3n) is 1.76. The molecule has 0 saturated heterocycles. The summed E-state index contributed by atoms with van der Waals surface area (Å²) in [5.41, 5.74) is 0. The summed E-state index contributed by atoms with van der Waals surface area (Å²) >= 11 is 0. The average Bonchev–Trinajstić information content (AvgIpc) is 2.22. The summed E-state index contributed by atoms with van der Waals surface area (Å²) in [6, 6.07) is 0. The number of hydrogen-bond donors (Lipinski definition) is 0. The molecule has 2 aliphatic carbocycles. The van der Waals surface area contributed by atoms with Crippen molar-refractivity contribution in [3.63, 3.8) is 0 Å². The van der Waals surface area contributed by atoms with Crippen molar-refractivity contribution >= 4 is 0 Å². The van der Waals surface area contributed by atoms with Crippen LogP contribution in [0.15, 0.2) is 24.3 Å². The standard InChI is InChI=1S/C7H8.ClH.Rh/c1-2-7-4-3-6(1)5-7;;/h1-4,6-7H,5H2;1H;/q;;+1/p-1. The Morgan fingerprint density at radius 3 is 1.33 bits per heavy atom. The Balaban J connectivity index is 0.000000320. The number of rotatable bonds is 0. The molecule has 0 saturated carbocycles. The van der Waals surface area contributed by atoms with Gasteiger partial charge in [0.05, 0.1) is 0 Å². The van der Waals surface area contributed by atoms with E-state index in [9.17, 15) is 0 Å². The molecule has 0 amide bonds. The van der Waals surface area contributed by atoms with Crippen LogP contribution < -0.4 is 12.4 Å². The Labute approximate surface area is 74.6 Å². The molecule has 0 unspecified atom stereocenters. The van der Waals surface area contributed by atoms with Gasteiger partial charge in [0.2, 0.25) is 0 Å². The van der Waals surface area contributed by atoms with Gasteiger partial charge in [-0.3, -0.25) is 0 Å². The molecule has 0 aromatic carbocycles. The summed E-state index contributed by atoms with van der Waals surface area (Å²) in [6.45, 7) is 0. The van der Waals surface area contributed by atoms with Crippen molar-refractivity contribution in [2.24, 2.45) is 11.8 Å². The van der Waals surface area contributed by atoms with Crippen LogP contribution in [0, 0.1) is 11.8 Å². The van der Waals surface area contributed by atoms with E-state index < -0.39 is 0 Å². The molecule has 0 atom stereocenters. The van der Waals surface area contributed by atoms with Crippen LogP contribution in [0.2, 0.25) is 0 Å². The first-order chi connectivity index (χ1) is 3.45.